The van der Waals surface area contributed by atoms with Crippen molar-refractivity contribution >= 4 is 8.88 Å². The molecule has 0 saturated carbocycles. The van der Waals surface area contributed by atoms with Gasteiger partial charge in [0.15, 0.2) is 0 Å². The molecule has 0 fully saturated rings. The standard InChI is InChI=1S/C8H21N2P/c1-7(2,3)9-11-10-8(4,5)6/h9-11H,1-6H3. The van der Waals surface area contributed by atoms with E-state index in [9.17, 15) is 0 Å². The number of hydrogen-bond donors (Lipinski definition) is 2. The molecule has 0 aliphatic heterocycles. The molecule has 0 rings (SSSR count). The van der Waals surface area contributed by atoms with Crippen LogP contribution in [0.15, 0.2) is 0 Å². The van der Waals surface area contributed by atoms with E-state index in [2.05, 4.69) is 51.7 Å². The summed E-state index contributed by atoms with van der Waals surface area (Å²) in [4.78, 5) is 0. The van der Waals surface area contributed by atoms with Crippen LogP contribution in [0.25, 0.3) is 0 Å². The Morgan fingerprint density at radius 3 is 1.18 bits per heavy atom. The molecule has 0 aromatic heterocycles. The highest BCUT2D eigenvalue weighted by atomic mass is 31.1. The van der Waals surface area contributed by atoms with Gasteiger partial charge in [-0.15, -0.1) is 0 Å². The van der Waals surface area contributed by atoms with Crippen LogP contribution in [0.4, 0.5) is 0 Å². The molecule has 11 heavy (non-hydrogen) atoms. The Kier molecular flexibility index (Phi) is 3.96. The maximum atomic E-state index is 3.40. The number of nitrogens with one attached hydrogen (secondary N) is 2. The Morgan fingerprint density at radius 1 is 0.727 bits per heavy atom. The highest BCUT2D eigenvalue weighted by molar-refractivity contribution is 7.33. The Hall–Kier alpha value is 0.350. The lowest BCUT2D eigenvalue weighted by Crippen LogP contribution is -2.36. The van der Waals surface area contributed by atoms with Crippen molar-refractivity contribution in [1.82, 2.24) is 10.2 Å². The lowest BCUT2D eigenvalue weighted by molar-refractivity contribution is 0.502. The van der Waals surface area contributed by atoms with Gasteiger partial charge in [-0.3, -0.25) is 10.2 Å². The number of rotatable bonds is 2. The molecular formula is C8H21N2P. The highest BCUT2D eigenvalue weighted by Crippen LogP contribution is 2.13. The zero-order chi connectivity index (χ0) is 9.12. The minimum Gasteiger partial charge on any atom is -0.281 e. The van der Waals surface area contributed by atoms with Gasteiger partial charge in [-0.2, -0.15) is 0 Å². The van der Waals surface area contributed by atoms with Crippen molar-refractivity contribution in [3.05, 3.63) is 0 Å². The van der Waals surface area contributed by atoms with Gasteiger partial charge < -0.3 is 0 Å². The molecule has 0 heterocycles. The summed E-state index contributed by atoms with van der Waals surface area (Å²) in [5.41, 5.74) is 0.438. The zero-order valence-electron chi connectivity index (χ0n) is 8.50. The summed E-state index contributed by atoms with van der Waals surface area (Å²) >= 11 is 0. The summed E-state index contributed by atoms with van der Waals surface area (Å²) in [6.07, 6.45) is 0. The van der Waals surface area contributed by atoms with E-state index in [4.69, 9.17) is 0 Å². The first-order chi connectivity index (χ1) is 4.71. The Balaban J connectivity index is 3.44. The van der Waals surface area contributed by atoms with Crippen molar-refractivity contribution in [1.29, 1.82) is 0 Å². The minimum atomic E-state index is 0.219. The summed E-state index contributed by atoms with van der Waals surface area (Å²) in [6, 6.07) is 0. The van der Waals surface area contributed by atoms with Gasteiger partial charge in [-0.1, -0.05) is 0 Å². The molecule has 3 heteroatoms. The quantitative estimate of drug-likeness (QED) is 0.631. The summed E-state index contributed by atoms with van der Waals surface area (Å²) in [5, 5.41) is 6.79. The van der Waals surface area contributed by atoms with Gasteiger partial charge in [-0.05, 0) is 41.5 Å². The zero-order valence-corrected chi connectivity index (χ0v) is 9.50. The van der Waals surface area contributed by atoms with Gasteiger partial charge >= 0.3 is 0 Å². The molecule has 0 bridgehead atoms. The minimum absolute atomic E-state index is 0.219. The van der Waals surface area contributed by atoms with Crippen LogP contribution in [-0.2, 0) is 0 Å². The van der Waals surface area contributed by atoms with E-state index in [1.54, 1.807) is 0 Å². The molecule has 0 atom stereocenters. The molecule has 0 aliphatic carbocycles. The first kappa shape index (κ1) is 11.4. The average molecular weight is 176 g/mol. The molecule has 0 aromatic carbocycles. The lowest BCUT2D eigenvalue weighted by Gasteiger charge is -2.25. The topological polar surface area (TPSA) is 24.1 Å². The third-order valence-corrected chi connectivity index (χ3v) is 2.62. The lowest BCUT2D eigenvalue weighted by atomic mass is 10.1. The maximum Gasteiger partial charge on any atom is 0.0192 e. The average Bonchev–Trinajstić information content (AvgIpc) is 1.55. The van der Waals surface area contributed by atoms with Gasteiger partial charge in [0.05, 0.1) is 0 Å². The van der Waals surface area contributed by atoms with Crippen LogP contribution in [0.2, 0.25) is 0 Å². The van der Waals surface area contributed by atoms with E-state index in [0.717, 1.165) is 0 Å². The van der Waals surface area contributed by atoms with Crippen LogP contribution in [-0.4, -0.2) is 11.1 Å². The van der Waals surface area contributed by atoms with Crippen molar-refractivity contribution in [2.24, 2.45) is 0 Å². The third-order valence-electron chi connectivity index (χ3n) is 0.875. The summed E-state index contributed by atoms with van der Waals surface area (Å²) in [6.45, 7) is 13.0. The predicted octanol–water partition coefficient (Wildman–Crippen LogP) is 2.27. The second-order valence-corrected chi connectivity index (χ2v) is 5.62. The molecular weight excluding hydrogens is 155 g/mol. The van der Waals surface area contributed by atoms with Gasteiger partial charge in [0.2, 0.25) is 0 Å². The van der Waals surface area contributed by atoms with Crippen molar-refractivity contribution < 1.29 is 0 Å². The fraction of sp³-hybridized carbons (Fsp3) is 1.00. The van der Waals surface area contributed by atoms with E-state index in [-0.39, 0.29) is 11.1 Å². The molecule has 0 unspecified atom stereocenters. The molecule has 0 radical (unpaired) electrons. The Morgan fingerprint density at radius 2 is 1.00 bits per heavy atom. The molecule has 0 spiro atoms. The van der Waals surface area contributed by atoms with Crippen LogP contribution in [0, 0.1) is 0 Å². The van der Waals surface area contributed by atoms with Gasteiger partial charge in [0, 0.05) is 20.0 Å². The van der Waals surface area contributed by atoms with E-state index in [1.165, 1.54) is 0 Å². The van der Waals surface area contributed by atoms with Crippen molar-refractivity contribution in [2.45, 2.75) is 52.6 Å². The smallest absolute Gasteiger partial charge is 0.0192 e. The van der Waals surface area contributed by atoms with Crippen LogP contribution >= 0.6 is 8.88 Å². The SMILES string of the molecule is CC(C)(C)NPNC(C)(C)C. The normalized spacial score (nSPS) is 13.6. The first-order valence-electron chi connectivity index (χ1n) is 4.00. The van der Waals surface area contributed by atoms with Crippen molar-refractivity contribution in [2.75, 3.05) is 0 Å². The first-order valence-corrected chi connectivity index (χ1v) is 5.00. The van der Waals surface area contributed by atoms with E-state index in [1.807, 2.05) is 0 Å². The van der Waals surface area contributed by atoms with Crippen molar-refractivity contribution in [3.63, 3.8) is 0 Å². The Bertz CT molecular complexity index is 96.2. The summed E-state index contributed by atoms with van der Waals surface area (Å²) in [7, 11) is 0.635. The largest absolute Gasteiger partial charge is 0.281 e. The van der Waals surface area contributed by atoms with Crippen molar-refractivity contribution in [3.8, 4) is 0 Å². The highest BCUT2D eigenvalue weighted by Gasteiger charge is 2.11. The second kappa shape index (κ2) is 3.84. The predicted molar refractivity (Wildman–Crippen MR) is 54.1 cm³/mol. The molecule has 0 aliphatic rings. The molecule has 0 amide bonds. The van der Waals surface area contributed by atoms with E-state index >= 15 is 0 Å². The Labute approximate surface area is 72.4 Å². The fourth-order valence-electron chi connectivity index (χ4n) is 0.406. The van der Waals surface area contributed by atoms with Crippen LogP contribution in [0.1, 0.15) is 41.5 Å². The fourth-order valence-corrected chi connectivity index (χ4v) is 1.22. The molecule has 68 valence electrons. The monoisotopic (exact) mass is 176 g/mol. The molecule has 0 aromatic rings. The van der Waals surface area contributed by atoms with E-state index < -0.39 is 0 Å². The maximum absolute atomic E-state index is 3.40. The molecule has 0 saturated heterocycles. The van der Waals surface area contributed by atoms with Gasteiger partial charge in [0.1, 0.15) is 0 Å². The summed E-state index contributed by atoms with van der Waals surface area (Å²) < 4.78 is 0. The second-order valence-electron chi connectivity index (χ2n) is 4.88. The van der Waals surface area contributed by atoms with Gasteiger partial charge in [0.25, 0.3) is 0 Å². The van der Waals surface area contributed by atoms with Crippen LogP contribution in [0.3, 0.4) is 0 Å². The number of hydrogen-bond acceptors (Lipinski definition) is 2. The van der Waals surface area contributed by atoms with E-state index in [0.29, 0.717) is 8.88 Å². The van der Waals surface area contributed by atoms with Crippen LogP contribution < -0.4 is 10.2 Å². The van der Waals surface area contributed by atoms with Gasteiger partial charge in [-0.25, -0.2) is 0 Å². The molecule has 2 nitrogen and oxygen atoms in total. The van der Waals surface area contributed by atoms with Crippen LogP contribution in [0.5, 0.6) is 0 Å². The summed E-state index contributed by atoms with van der Waals surface area (Å²) in [5.74, 6) is 0. The molecule has 2 N–H and O–H groups in total. The third kappa shape index (κ3) is 10.4.